The van der Waals surface area contributed by atoms with Crippen LogP contribution in [0.1, 0.15) is 18.1 Å². The zero-order chi connectivity index (χ0) is 15.5. The number of nitrogens with one attached hydrogen (secondary N) is 2. The van der Waals surface area contributed by atoms with E-state index in [4.69, 9.17) is 0 Å². The van der Waals surface area contributed by atoms with E-state index in [0.717, 1.165) is 12.2 Å². The maximum absolute atomic E-state index is 12.6. The van der Waals surface area contributed by atoms with Gasteiger partial charge >= 0.3 is 0 Å². The van der Waals surface area contributed by atoms with E-state index < -0.39 is 10.0 Å². The number of hydrogen-bond donors (Lipinski definition) is 2. The maximum atomic E-state index is 12.6. The summed E-state index contributed by atoms with van der Waals surface area (Å²) in [4.78, 5) is 4.22. The molecule has 0 saturated carbocycles. The molecule has 0 unspecified atom stereocenters. The first kappa shape index (κ1) is 15.3. The predicted molar refractivity (Wildman–Crippen MR) is 85.1 cm³/mol. The van der Waals surface area contributed by atoms with Gasteiger partial charge in [0.05, 0.1) is 16.8 Å². The van der Waals surface area contributed by atoms with Crippen LogP contribution in [0, 0.1) is 13.8 Å². The molecule has 0 aliphatic carbocycles. The lowest BCUT2D eigenvalue weighted by molar-refractivity contribution is 0.600. The van der Waals surface area contributed by atoms with Gasteiger partial charge < -0.3 is 5.32 Å². The number of benzene rings is 1. The van der Waals surface area contributed by atoms with Crippen molar-refractivity contribution in [3.05, 3.63) is 47.8 Å². The normalized spacial score (nSPS) is 11.2. The van der Waals surface area contributed by atoms with Gasteiger partial charge in [0.25, 0.3) is 10.0 Å². The lowest BCUT2D eigenvalue weighted by Crippen LogP contribution is -2.16. The molecule has 1 heterocycles. The second-order valence-electron chi connectivity index (χ2n) is 4.82. The van der Waals surface area contributed by atoms with Crippen molar-refractivity contribution in [1.82, 2.24) is 4.98 Å². The summed E-state index contributed by atoms with van der Waals surface area (Å²) in [5.41, 5.74) is 2.80. The summed E-state index contributed by atoms with van der Waals surface area (Å²) in [6, 6.07) is 7.04. The Morgan fingerprint density at radius 2 is 1.81 bits per heavy atom. The second kappa shape index (κ2) is 6.13. The molecule has 6 heteroatoms. The zero-order valence-corrected chi connectivity index (χ0v) is 13.2. The third kappa shape index (κ3) is 3.52. The summed E-state index contributed by atoms with van der Waals surface area (Å²) in [7, 11) is -3.62. The first-order valence-electron chi connectivity index (χ1n) is 6.72. The molecule has 21 heavy (non-hydrogen) atoms. The van der Waals surface area contributed by atoms with Gasteiger partial charge in [-0.15, -0.1) is 0 Å². The van der Waals surface area contributed by atoms with Gasteiger partial charge in [-0.25, -0.2) is 8.42 Å². The fourth-order valence-corrected chi connectivity index (χ4v) is 3.81. The van der Waals surface area contributed by atoms with E-state index in [1.807, 2.05) is 19.1 Å². The topological polar surface area (TPSA) is 71.1 Å². The largest absolute Gasteiger partial charge is 0.385 e. The van der Waals surface area contributed by atoms with Crippen molar-refractivity contribution in [2.75, 3.05) is 16.6 Å². The highest BCUT2D eigenvalue weighted by molar-refractivity contribution is 7.92. The molecule has 2 aromatic rings. The van der Waals surface area contributed by atoms with Gasteiger partial charge in [-0.1, -0.05) is 0 Å². The van der Waals surface area contributed by atoms with Crippen molar-refractivity contribution in [2.45, 2.75) is 25.7 Å². The average Bonchev–Trinajstić information content (AvgIpc) is 2.38. The Morgan fingerprint density at radius 3 is 2.33 bits per heavy atom. The summed E-state index contributed by atoms with van der Waals surface area (Å²) >= 11 is 0. The fourth-order valence-electron chi connectivity index (χ4n) is 2.31. The fraction of sp³-hybridized carbons (Fsp3) is 0.267. The van der Waals surface area contributed by atoms with Crippen LogP contribution in [0.5, 0.6) is 0 Å². The summed E-state index contributed by atoms with van der Waals surface area (Å²) < 4.78 is 27.7. The van der Waals surface area contributed by atoms with Crippen LogP contribution in [-0.2, 0) is 10.0 Å². The number of aryl methyl sites for hydroxylation is 2. The molecule has 0 aliphatic heterocycles. The van der Waals surface area contributed by atoms with Crippen LogP contribution >= 0.6 is 0 Å². The van der Waals surface area contributed by atoms with Gasteiger partial charge in [-0.3, -0.25) is 9.71 Å². The SMILES string of the molecule is CCNc1cc(C)c(S(=O)(=O)Nc2cccnc2)c(C)c1. The van der Waals surface area contributed by atoms with Crippen LogP contribution in [0.3, 0.4) is 0 Å². The lowest BCUT2D eigenvalue weighted by atomic mass is 10.1. The van der Waals surface area contributed by atoms with Crippen LogP contribution < -0.4 is 10.0 Å². The number of nitrogens with zero attached hydrogens (tertiary/aromatic N) is 1. The minimum Gasteiger partial charge on any atom is -0.385 e. The molecule has 0 saturated heterocycles. The van der Waals surface area contributed by atoms with Crippen molar-refractivity contribution in [1.29, 1.82) is 0 Å². The van der Waals surface area contributed by atoms with Crippen LogP contribution in [0.2, 0.25) is 0 Å². The molecule has 112 valence electrons. The summed E-state index contributed by atoms with van der Waals surface area (Å²) in [5.74, 6) is 0. The average molecular weight is 305 g/mol. The van der Waals surface area contributed by atoms with E-state index in [1.165, 1.54) is 6.20 Å². The molecule has 0 spiro atoms. The molecule has 0 fully saturated rings. The van der Waals surface area contributed by atoms with Gasteiger partial charge in [-0.2, -0.15) is 0 Å². The Hall–Kier alpha value is -2.08. The number of hydrogen-bond acceptors (Lipinski definition) is 4. The number of anilines is 2. The quantitative estimate of drug-likeness (QED) is 0.891. The zero-order valence-electron chi connectivity index (χ0n) is 12.3. The molecule has 0 aliphatic rings. The maximum Gasteiger partial charge on any atom is 0.262 e. The molecular formula is C15H19N3O2S. The first-order chi connectivity index (χ1) is 9.94. The lowest BCUT2D eigenvalue weighted by Gasteiger charge is -2.15. The Bertz CT molecular complexity index is 705. The van der Waals surface area contributed by atoms with Gasteiger partial charge in [0.15, 0.2) is 0 Å². The molecule has 2 N–H and O–H groups in total. The van der Waals surface area contributed by atoms with Crippen LogP contribution in [-0.4, -0.2) is 19.9 Å². The molecule has 1 aromatic heterocycles. The Labute approximate surface area is 125 Å². The van der Waals surface area contributed by atoms with E-state index in [-0.39, 0.29) is 0 Å². The van der Waals surface area contributed by atoms with E-state index in [1.54, 1.807) is 32.2 Å². The standard InChI is InChI=1S/C15H19N3O2S/c1-4-17-14-8-11(2)15(12(3)9-14)21(19,20)18-13-6-5-7-16-10-13/h5-10,17-18H,4H2,1-3H3. The van der Waals surface area contributed by atoms with Crippen molar-refractivity contribution in [2.24, 2.45) is 0 Å². The third-order valence-electron chi connectivity index (χ3n) is 3.02. The molecule has 0 radical (unpaired) electrons. The Morgan fingerprint density at radius 1 is 1.14 bits per heavy atom. The van der Waals surface area contributed by atoms with Crippen LogP contribution in [0.25, 0.3) is 0 Å². The highest BCUT2D eigenvalue weighted by atomic mass is 32.2. The van der Waals surface area contributed by atoms with Crippen molar-refractivity contribution in [3.63, 3.8) is 0 Å². The highest BCUT2D eigenvalue weighted by Crippen LogP contribution is 2.26. The van der Waals surface area contributed by atoms with Crippen molar-refractivity contribution >= 4 is 21.4 Å². The molecule has 0 bridgehead atoms. The number of aromatic nitrogens is 1. The van der Waals surface area contributed by atoms with E-state index in [0.29, 0.717) is 21.7 Å². The van der Waals surface area contributed by atoms with E-state index in [9.17, 15) is 8.42 Å². The smallest absolute Gasteiger partial charge is 0.262 e. The van der Waals surface area contributed by atoms with E-state index in [2.05, 4.69) is 15.0 Å². The predicted octanol–water partition coefficient (Wildman–Crippen LogP) is 2.93. The van der Waals surface area contributed by atoms with Gasteiger partial charge in [0, 0.05) is 18.4 Å². The third-order valence-corrected chi connectivity index (χ3v) is 4.71. The van der Waals surface area contributed by atoms with Crippen molar-refractivity contribution in [3.8, 4) is 0 Å². The minimum atomic E-state index is -3.62. The van der Waals surface area contributed by atoms with Gasteiger partial charge in [-0.05, 0) is 56.2 Å². The molecule has 2 rings (SSSR count). The van der Waals surface area contributed by atoms with E-state index >= 15 is 0 Å². The monoisotopic (exact) mass is 305 g/mol. The summed E-state index contributed by atoms with van der Waals surface area (Å²) in [6.45, 7) is 6.38. The summed E-state index contributed by atoms with van der Waals surface area (Å²) in [6.07, 6.45) is 3.08. The molecular weight excluding hydrogens is 286 g/mol. The van der Waals surface area contributed by atoms with Crippen LogP contribution in [0.4, 0.5) is 11.4 Å². The minimum absolute atomic E-state index is 0.313. The summed E-state index contributed by atoms with van der Waals surface area (Å²) in [5, 5.41) is 3.19. The Kier molecular flexibility index (Phi) is 4.47. The second-order valence-corrected chi connectivity index (χ2v) is 6.44. The molecule has 5 nitrogen and oxygen atoms in total. The van der Waals surface area contributed by atoms with Gasteiger partial charge in [0.2, 0.25) is 0 Å². The molecule has 0 amide bonds. The van der Waals surface area contributed by atoms with Gasteiger partial charge in [0.1, 0.15) is 0 Å². The first-order valence-corrected chi connectivity index (χ1v) is 8.20. The van der Waals surface area contributed by atoms with Crippen LogP contribution in [0.15, 0.2) is 41.6 Å². The molecule has 1 aromatic carbocycles. The number of sulfonamides is 1. The van der Waals surface area contributed by atoms with Crippen molar-refractivity contribution < 1.29 is 8.42 Å². The number of pyridine rings is 1. The molecule has 0 atom stereocenters. The number of rotatable bonds is 5. The Balaban J connectivity index is 2.41. The highest BCUT2D eigenvalue weighted by Gasteiger charge is 2.20.